The zero-order valence-corrected chi connectivity index (χ0v) is 13.0. The van der Waals surface area contributed by atoms with Gasteiger partial charge >= 0.3 is 0 Å². The molecule has 0 spiro atoms. The number of carbonyl (C=O) groups excluding carboxylic acids is 1. The molecule has 6 nitrogen and oxygen atoms in total. The van der Waals surface area contributed by atoms with Crippen LogP contribution in [-0.2, 0) is 11.3 Å². The smallest absolute Gasteiger partial charge is 0.291 e. The molecule has 0 radical (unpaired) electrons. The zero-order valence-electron chi connectivity index (χ0n) is 12.2. The molecule has 3 aromatic heterocycles. The molecule has 1 aliphatic carbocycles. The Morgan fingerprint density at radius 2 is 2.27 bits per heavy atom. The number of nitrogens with one attached hydrogen (secondary N) is 1. The fourth-order valence-corrected chi connectivity index (χ4v) is 3.51. The number of amides is 1. The standard InChI is InChI=1S/C15H16N4O2S/c1-9-17-18(8-14(20)16-7-10-2-3-10)15(21)12-6-13-11(19(9)12)4-5-22-13/h4-6,10H,2-3,7-8H2,1H3,(H,16,20). The Morgan fingerprint density at radius 1 is 1.45 bits per heavy atom. The SMILES string of the molecule is Cc1nn(CC(=O)NCC2CC2)c(=O)c2cc3sccc3n12. The topological polar surface area (TPSA) is 68.4 Å². The molecule has 4 rings (SSSR count). The van der Waals surface area contributed by atoms with Crippen molar-refractivity contribution in [2.45, 2.75) is 26.3 Å². The summed E-state index contributed by atoms with van der Waals surface area (Å²) in [7, 11) is 0. The number of nitrogens with zero attached hydrogens (tertiary/aromatic N) is 3. The first-order valence-electron chi connectivity index (χ1n) is 7.36. The van der Waals surface area contributed by atoms with Crippen molar-refractivity contribution in [3.05, 3.63) is 33.7 Å². The first-order valence-corrected chi connectivity index (χ1v) is 8.24. The lowest BCUT2D eigenvalue weighted by Gasteiger charge is -2.08. The quantitative estimate of drug-likeness (QED) is 0.794. The number of fused-ring (bicyclic) bond motifs is 3. The molecule has 0 aliphatic heterocycles. The average Bonchev–Trinajstić information content (AvgIpc) is 3.07. The second-order valence-corrected chi connectivity index (χ2v) is 6.74. The Kier molecular flexibility index (Phi) is 3.04. The third-order valence-corrected chi connectivity index (χ3v) is 4.90. The van der Waals surface area contributed by atoms with E-state index in [-0.39, 0.29) is 18.0 Å². The van der Waals surface area contributed by atoms with Crippen molar-refractivity contribution in [2.75, 3.05) is 6.54 Å². The minimum atomic E-state index is -0.226. The molecule has 0 unspecified atom stereocenters. The summed E-state index contributed by atoms with van der Waals surface area (Å²) >= 11 is 1.59. The van der Waals surface area contributed by atoms with Crippen LogP contribution in [0.1, 0.15) is 18.7 Å². The van der Waals surface area contributed by atoms with Crippen molar-refractivity contribution < 1.29 is 4.79 Å². The molecule has 0 bridgehead atoms. The Bertz CT molecular complexity index is 932. The fraction of sp³-hybridized carbons (Fsp3) is 0.400. The van der Waals surface area contributed by atoms with Crippen LogP contribution in [0.3, 0.4) is 0 Å². The maximum absolute atomic E-state index is 12.5. The lowest BCUT2D eigenvalue weighted by molar-refractivity contribution is -0.121. The number of hydrogen-bond donors (Lipinski definition) is 1. The third kappa shape index (κ3) is 2.21. The summed E-state index contributed by atoms with van der Waals surface area (Å²) in [6, 6.07) is 3.85. The van der Waals surface area contributed by atoms with Gasteiger partial charge in [0.05, 0.1) is 10.2 Å². The van der Waals surface area contributed by atoms with Crippen molar-refractivity contribution in [3.8, 4) is 0 Å². The van der Waals surface area contributed by atoms with E-state index in [4.69, 9.17) is 0 Å². The van der Waals surface area contributed by atoms with Gasteiger partial charge in [-0.15, -0.1) is 11.3 Å². The molecule has 3 heterocycles. The van der Waals surface area contributed by atoms with E-state index in [2.05, 4.69) is 10.4 Å². The molecular weight excluding hydrogens is 300 g/mol. The highest BCUT2D eigenvalue weighted by Gasteiger charge is 2.22. The highest BCUT2D eigenvalue weighted by molar-refractivity contribution is 7.17. The molecule has 1 N–H and O–H groups in total. The molecule has 3 aromatic rings. The van der Waals surface area contributed by atoms with Crippen LogP contribution in [0, 0.1) is 12.8 Å². The van der Waals surface area contributed by atoms with Gasteiger partial charge in [-0.3, -0.25) is 14.0 Å². The molecule has 0 saturated heterocycles. The lowest BCUT2D eigenvalue weighted by atomic mass is 10.4. The molecule has 114 valence electrons. The van der Waals surface area contributed by atoms with Crippen LogP contribution in [0.2, 0.25) is 0 Å². The van der Waals surface area contributed by atoms with Gasteiger partial charge in [0.2, 0.25) is 5.91 Å². The van der Waals surface area contributed by atoms with Crippen molar-refractivity contribution >= 4 is 33.0 Å². The van der Waals surface area contributed by atoms with E-state index in [0.29, 0.717) is 23.8 Å². The molecule has 0 aromatic carbocycles. The van der Waals surface area contributed by atoms with E-state index in [1.807, 2.05) is 28.8 Å². The highest BCUT2D eigenvalue weighted by Crippen LogP contribution is 2.27. The van der Waals surface area contributed by atoms with Crippen molar-refractivity contribution in [1.82, 2.24) is 19.5 Å². The van der Waals surface area contributed by atoms with Crippen LogP contribution in [0.15, 0.2) is 22.3 Å². The summed E-state index contributed by atoms with van der Waals surface area (Å²) < 4.78 is 4.17. The second kappa shape index (κ2) is 4.95. The van der Waals surface area contributed by atoms with E-state index in [1.54, 1.807) is 11.3 Å². The summed E-state index contributed by atoms with van der Waals surface area (Å²) in [6.07, 6.45) is 2.37. The summed E-state index contributed by atoms with van der Waals surface area (Å²) in [4.78, 5) is 24.5. The summed E-state index contributed by atoms with van der Waals surface area (Å²) in [5, 5.41) is 9.16. The van der Waals surface area contributed by atoms with Crippen LogP contribution in [0.5, 0.6) is 0 Å². The van der Waals surface area contributed by atoms with Gasteiger partial charge in [0.15, 0.2) is 0 Å². The Labute approximate surface area is 130 Å². The molecular formula is C15H16N4O2S. The monoisotopic (exact) mass is 316 g/mol. The molecule has 1 fully saturated rings. The normalized spacial score (nSPS) is 14.8. The van der Waals surface area contributed by atoms with E-state index < -0.39 is 0 Å². The molecule has 1 amide bonds. The predicted molar refractivity (Wildman–Crippen MR) is 85.3 cm³/mol. The number of thiophene rings is 1. The Balaban J connectivity index is 1.70. The molecule has 1 aliphatic rings. The van der Waals surface area contributed by atoms with E-state index in [9.17, 15) is 9.59 Å². The van der Waals surface area contributed by atoms with Crippen molar-refractivity contribution in [3.63, 3.8) is 0 Å². The van der Waals surface area contributed by atoms with Gasteiger partial charge in [-0.25, -0.2) is 4.68 Å². The average molecular weight is 316 g/mol. The van der Waals surface area contributed by atoms with Gasteiger partial charge in [0.1, 0.15) is 17.9 Å². The van der Waals surface area contributed by atoms with Crippen molar-refractivity contribution in [2.24, 2.45) is 5.92 Å². The number of rotatable bonds is 4. The van der Waals surface area contributed by atoms with Gasteiger partial charge in [0, 0.05) is 6.54 Å². The minimum absolute atomic E-state index is 0.0261. The van der Waals surface area contributed by atoms with Gasteiger partial charge in [-0.1, -0.05) is 0 Å². The molecule has 22 heavy (non-hydrogen) atoms. The fourth-order valence-electron chi connectivity index (χ4n) is 2.71. The number of aromatic nitrogens is 3. The Hall–Kier alpha value is -2.15. The first-order chi connectivity index (χ1) is 10.6. The van der Waals surface area contributed by atoms with Gasteiger partial charge in [-0.05, 0) is 43.2 Å². The number of hydrogen-bond acceptors (Lipinski definition) is 4. The highest BCUT2D eigenvalue weighted by atomic mass is 32.1. The van der Waals surface area contributed by atoms with Gasteiger partial charge < -0.3 is 5.32 Å². The molecule has 0 atom stereocenters. The van der Waals surface area contributed by atoms with Gasteiger partial charge in [-0.2, -0.15) is 5.10 Å². The largest absolute Gasteiger partial charge is 0.354 e. The lowest BCUT2D eigenvalue weighted by Crippen LogP contribution is -2.35. The van der Waals surface area contributed by atoms with Crippen LogP contribution >= 0.6 is 11.3 Å². The zero-order chi connectivity index (χ0) is 15.3. The van der Waals surface area contributed by atoms with Crippen LogP contribution in [0.25, 0.3) is 15.7 Å². The van der Waals surface area contributed by atoms with E-state index >= 15 is 0 Å². The van der Waals surface area contributed by atoms with E-state index in [1.165, 1.54) is 17.5 Å². The summed E-state index contributed by atoms with van der Waals surface area (Å²) in [5.74, 6) is 1.17. The second-order valence-electron chi connectivity index (χ2n) is 5.79. The number of aryl methyl sites for hydroxylation is 1. The summed E-state index contributed by atoms with van der Waals surface area (Å²) in [6.45, 7) is 2.53. The maximum Gasteiger partial charge on any atom is 0.291 e. The molecule has 7 heteroatoms. The van der Waals surface area contributed by atoms with Crippen LogP contribution < -0.4 is 10.9 Å². The first kappa shape index (κ1) is 13.5. The maximum atomic E-state index is 12.5. The van der Waals surface area contributed by atoms with Crippen LogP contribution in [0.4, 0.5) is 0 Å². The third-order valence-electron chi connectivity index (χ3n) is 4.04. The predicted octanol–water partition coefficient (Wildman–Crippen LogP) is 1.55. The van der Waals surface area contributed by atoms with E-state index in [0.717, 1.165) is 10.2 Å². The van der Waals surface area contributed by atoms with Gasteiger partial charge in [0.25, 0.3) is 5.56 Å². The molecule has 1 saturated carbocycles. The van der Waals surface area contributed by atoms with Crippen molar-refractivity contribution in [1.29, 1.82) is 0 Å². The van der Waals surface area contributed by atoms with Crippen LogP contribution in [-0.4, -0.2) is 26.6 Å². The summed E-state index contributed by atoms with van der Waals surface area (Å²) in [5.41, 5.74) is 1.34. The number of carbonyl (C=O) groups is 1. The minimum Gasteiger partial charge on any atom is -0.354 e. The Morgan fingerprint density at radius 3 is 3.05 bits per heavy atom.